The first-order valence-electron chi connectivity index (χ1n) is 6.37. The van der Waals surface area contributed by atoms with E-state index in [-0.39, 0.29) is 17.9 Å². The van der Waals surface area contributed by atoms with Crippen LogP contribution in [-0.4, -0.2) is 41.5 Å². The third-order valence-electron chi connectivity index (χ3n) is 3.33. The van der Waals surface area contributed by atoms with E-state index in [0.29, 0.717) is 4.99 Å². The Bertz CT molecular complexity index is 283. The predicted octanol–water partition coefficient (Wildman–Crippen LogP) is 0.899. The topological polar surface area (TPSA) is 58.4 Å². The second-order valence-corrected chi connectivity index (χ2v) is 5.17. The molecule has 1 fully saturated rings. The first-order valence-corrected chi connectivity index (χ1v) is 6.78. The van der Waals surface area contributed by atoms with Crippen LogP contribution in [0.4, 0.5) is 0 Å². The first kappa shape index (κ1) is 14.4. The normalized spacial score (nSPS) is 23.1. The fourth-order valence-electron chi connectivity index (χ4n) is 2.15. The number of carbonyl (C=O) groups is 1. The zero-order chi connectivity index (χ0) is 12.8. The van der Waals surface area contributed by atoms with Crippen molar-refractivity contribution >= 4 is 23.1 Å². The average Bonchev–Trinajstić information content (AvgIpc) is 2.35. The number of thiocarbonyl (C=S) groups is 1. The Balaban J connectivity index is 2.48. The molecule has 1 aliphatic rings. The number of rotatable bonds is 5. The molecule has 1 heterocycles. The van der Waals surface area contributed by atoms with Crippen LogP contribution in [0.5, 0.6) is 0 Å². The molecule has 1 aliphatic heterocycles. The van der Waals surface area contributed by atoms with Gasteiger partial charge in [-0.25, -0.2) is 0 Å². The van der Waals surface area contributed by atoms with Crippen molar-refractivity contribution in [3.8, 4) is 0 Å². The molecule has 2 unspecified atom stereocenters. The van der Waals surface area contributed by atoms with Crippen LogP contribution in [0.3, 0.4) is 0 Å². The maximum Gasteiger partial charge on any atom is 0.237 e. The van der Waals surface area contributed by atoms with Crippen molar-refractivity contribution in [2.24, 2.45) is 11.7 Å². The number of nitrogens with one attached hydrogen (secondary N) is 1. The first-order chi connectivity index (χ1) is 8.06. The van der Waals surface area contributed by atoms with Crippen LogP contribution in [0.2, 0.25) is 0 Å². The van der Waals surface area contributed by atoms with Gasteiger partial charge in [-0.05, 0) is 32.7 Å². The Kier molecular flexibility index (Phi) is 5.85. The minimum absolute atomic E-state index is 0.0845. The summed E-state index contributed by atoms with van der Waals surface area (Å²) in [6, 6.07) is -0.0845. The van der Waals surface area contributed by atoms with Gasteiger partial charge in [0, 0.05) is 19.0 Å². The summed E-state index contributed by atoms with van der Waals surface area (Å²) in [4.78, 5) is 14.6. The summed E-state index contributed by atoms with van der Waals surface area (Å²) in [5.74, 6) is 0.371. The predicted molar refractivity (Wildman–Crippen MR) is 73.8 cm³/mol. The van der Waals surface area contributed by atoms with Crippen LogP contribution in [0.15, 0.2) is 0 Å². The Morgan fingerprint density at radius 1 is 1.65 bits per heavy atom. The van der Waals surface area contributed by atoms with E-state index in [1.165, 1.54) is 0 Å². The zero-order valence-corrected chi connectivity index (χ0v) is 11.6. The number of hydrogen-bond donors (Lipinski definition) is 2. The van der Waals surface area contributed by atoms with Gasteiger partial charge < -0.3 is 11.1 Å². The molecule has 0 spiro atoms. The smallest absolute Gasteiger partial charge is 0.237 e. The SMILES string of the molecule is CCCNC(=O)C(C)N1CCCC(C(N)=S)C1. The number of carbonyl (C=O) groups excluding carboxylic acids is 1. The van der Waals surface area contributed by atoms with Gasteiger partial charge in [0.25, 0.3) is 0 Å². The maximum atomic E-state index is 11.9. The average molecular weight is 257 g/mol. The summed E-state index contributed by atoms with van der Waals surface area (Å²) in [5.41, 5.74) is 5.69. The largest absolute Gasteiger partial charge is 0.393 e. The summed E-state index contributed by atoms with van der Waals surface area (Å²) in [7, 11) is 0. The van der Waals surface area contributed by atoms with Crippen molar-refractivity contribution in [3.63, 3.8) is 0 Å². The minimum atomic E-state index is -0.0845. The molecule has 4 nitrogen and oxygen atoms in total. The maximum absolute atomic E-state index is 11.9. The lowest BCUT2D eigenvalue weighted by molar-refractivity contribution is -0.126. The molecule has 98 valence electrons. The summed E-state index contributed by atoms with van der Waals surface area (Å²) in [5, 5.41) is 2.93. The highest BCUT2D eigenvalue weighted by molar-refractivity contribution is 7.80. The minimum Gasteiger partial charge on any atom is -0.393 e. The molecule has 17 heavy (non-hydrogen) atoms. The van der Waals surface area contributed by atoms with E-state index in [1.807, 2.05) is 6.92 Å². The molecule has 1 rings (SSSR count). The van der Waals surface area contributed by atoms with Gasteiger partial charge in [0.15, 0.2) is 0 Å². The van der Waals surface area contributed by atoms with Crippen molar-refractivity contribution < 1.29 is 4.79 Å². The van der Waals surface area contributed by atoms with Crippen LogP contribution >= 0.6 is 12.2 Å². The van der Waals surface area contributed by atoms with Crippen molar-refractivity contribution in [1.82, 2.24) is 10.2 Å². The molecule has 0 radical (unpaired) electrons. The Hall–Kier alpha value is -0.680. The van der Waals surface area contributed by atoms with Gasteiger partial charge in [0.05, 0.1) is 11.0 Å². The Morgan fingerprint density at radius 2 is 2.35 bits per heavy atom. The molecular weight excluding hydrogens is 234 g/mol. The van der Waals surface area contributed by atoms with Gasteiger partial charge in [0.2, 0.25) is 5.91 Å². The highest BCUT2D eigenvalue weighted by Gasteiger charge is 2.28. The van der Waals surface area contributed by atoms with Crippen molar-refractivity contribution in [2.75, 3.05) is 19.6 Å². The van der Waals surface area contributed by atoms with Crippen molar-refractivity contribution in [1.29, 1.82) is 0 Å². The molecule has 0 aromatic rings. The third-order valence-corrected chi connectivity index (χ3v) is 3.66. The lowest BCUT2D eigenvalue weighted by Crippen LogP contribution is -2.50. The van der Waals surface area contributed by atoms with Gasteiger partial charge in [-0.3, -0.25) is 9.69 Å². The number of nitrogens with two attached hydrogens (primary N) is 1. The number of likely N-dealkylation sites (tertiary alicyclic amines) is 1. The number of amides is 1. The highest BCUT2D eigenvalue weighted by atomic mass is 32.1. The van der Waals surface area contributed by atoms with Gasteiger partial charge in [0.1, 0.15) is 0 Å². The van der Waals surface area contributed by atoms with Crippen LogP contribution < -0.4 is 11.1 Å². The summed E-state index contributed by atoms with van der Waals surface area (Å²) in [6.45, 7) is 6.52. The highest BCUT2D eigenvalue weighted by Crippen LogP contribution is 2.18. The van der Waals surface area contributed by atoms with Crippen LogP contribution in [0.1, 0.15) is 33.1 Å². The van der Waals surface area contributed by atoms with Crippen molar-refractivity contribution in [2.45, 2.75) is 39.2 Å². The molecule has 0 saturated carbocycles. The molecule has 1 saturated heterocycles. The summed E-state index contributed by atoms with van der Waals surface area (Å²) >= 11 is 5.04. The fourth-order valence-corrected chi connectivity index (χ4v) is 2.34. The molecule has 0 aliphatic carbocycles. The molecule has 3 N–H and O–H groups in total. The molecule has 1 amide bonds. The van der Waals surface area contributed by atoms with E-state index in [0.717, 1.165) is 38.9 Å². The number of piperidine rings is 1. The fraction of sp³-hybridized carbons (Fsp3) is 0.833. The van der Waals surface area contributed by atoms with E-state index in [4.69, 9.17) is 18.0 Å². The molecule has 0 aromatic heterocycles. The molecule has 0 aromatic carbocycles. The van der Waals surface area contributed by atoms with Crippen LogP contribution in [0, 0.1) is 5.92 Å². The van der Waals surface area contributed by atoms with Gasteiger partial charge >= 0.3 is 0 Å². The van der Waals surface area contributed by atoms with Crippen LogP contribution in [0.25, 0.3) is 0 Å². The third kappa shape index (κ3) is 4.24. The van der Waals surface area contributed by atoms with Gasteiger partial charge in [-0.1, -0.05) is 19.1 Å². The molecule has 5 heteroatoms. The van der Waals surface area contributed by atoms with E-state index in [2.05, 4.69) is 17.1 Å². The summed E-state index contributed by atoms with van der Waals surface area (Å²) < 4.78 is 0. The van der Waals surface area contributed by atoms with Crippen molar-refractivity contribution in [3.05, 3.63) is 0 Å². The summed E-state index contributed by atoms with van der Waals surface area (Å²) in [6.07, 6.45) is 3.08. The Labute approximate surface area is 109 Å². The van der Waals surface area contributed by atoms with E-state index < -0.39 is 0 Å². The van der Waals surface area contributed by atoms with Crippen LogP contribution in [-0.2, 0) is 4.79 Å². The molecule has 0 bridgehead atoms. The van der Waals surface area contributed by atoms with Gasteiger partial charge in [-0.15, -0.1) is 0 Å². The molecule has 2 atom stereocenters. The lowest BCUT2D eigenvalue weighted by Gasteiger charge is -2.35. The van der Waals surface area contributed by atoms with E-state index in [1.54, 1.807) is 0 Å². The van der Waals surface area contributed by atoms with E-state index >= 15 is 0 Å². The number of nitrogens with zero attached hydrogens (tertiary/aromatic N) is 1. The Morgan fingerprint density at radius 3 is 2.94 bits per heavy atom. The quantitative estimate of drug-likeness (QED) is 0.719. The molecular formula is C12H23N3OS. The van der Waals surface area contributed by atoms with E-state index in [9.17, 15) is 4.79 Å². The van der Waals surface area contributed by atoms with Gasteiger partial charge in [-0.2, -0.15) is 0 Å². The second kappa shape index (κ2) is 6.91. The lowest BCUT2D eigenvalue weighted by atomic mass is 9.97. The number of hydrogen-bond acceptors (Lipinski definition) is 3. The monoisotopic (exact) mass is 257 g/mol. The second-order valence-electron chi connectivity index (χ2n) is 4.70. The zero-order valence-electron chi connectivity index (χ0n) is 10.7. The standard InChI is InChI=1S/C12H23N3OS/c1-3-6-14-12(16)9(2)15-7-4-5-10(8-15)11(13)17/h9-10H,3-8H2,1-2H3,(H2,13,17)(H,14,16).